The Morgan fingerprint density at radius 3 is 2.44 bits per heavy atom. The highest BCUT2D eigenvalue weighted by Gasteiger charge is 2.40. The molecular formula is C23H26ClN3O4S. The highest BCUT2D eigenvalue weighted by atomic mass is 35.5. The van der Waals surface area contributed by atoms with Crippen LogP contribution >= 0.6 is 11.6 Å². The van der Waals surface area contributed by atoms with Gasteiger partial charge in [0.25, 0.3) is 5.91 Å². The molecular weight excluding hydrogens is 450 g/mol. The number of halogens is 1. The Morgan fingerprint density at radius 2 is 1.91 bits per heavy atom. The lowest BCUT2D eigenvalue weighted by molar-refractivity contribution is -0.138. The molecule has 0 bridgehead atoms. The van der Waals surface area contributed by atoms with Gasteiger partial charge < -0.3 is 15.0 Å². The lowest BCUT2D eigenvalue weighted by Crippen LogP contribution is -2.51. The Bertz CT molecular complexity index is 1060. The van der Waals surface area contributed by atoms with Gasteiger partial charge in [0.2, 0.25) is 0 Å². The SMILES string of the molecule is CC#Cc1ccc(C(=O)Nc2ccc(Cl)c([C@](C)(CC(=O)O)N[S+]([O-])C(C)(C)C)c2)nc1. The molecule has 3 N–H and O–H groups in total. The molecule has 1 aromatic carbocycles. The van der Waals surface area contributed by atoms with Crippen LogP contribution < -0.4 is 10.0 Å². The number of carboxylic acid groups (broad SMARTS) is 1. The summed E-state index contributed by atoms with van der Waals surface area (Å²) in [5.74, 6) is 4.09. The summed E-state index contributed by atoms with van der Waals surface area (Å²) in [6.07, 6.45) is 1.14. The van der Waals surface area contributed by atoms with E-state index < -0.39 is 33.5 Å². The van der Waals surface area contributed by atoms with E-state index in [1.165, 1.54) is 6.20 Å². The van der Waals surface area contributed by atoms with Crippen LogP contribution in [0.1, 0.15) is 62.7 Å². The van der Waals surface area contributed by atoms with Crippen LogP contribution in [0.3, 0.4) is 0 Å². The molecule has 32 heavy (non-hydrogen) atoms. The van der Waals surface area contributed by atoms with Crippen LogP contribution in [-0.2, 0) is 21.7 Å². The van der Waals surface area contributed by atoms with Crippen LogP contribution in [0.2, 0.25) is 5.02 Å². The minimum absolute atomic E-state index is 0.198. The Labute approximate surface area is 196 Å². The number of amides is 1. The van der Waals surface area contributed by atoms with Crippen molar-refractivity contribution in [2.45, 2.75) is 51.3 Å². The van der Waals surface area contributed by atoms with E-state index in [0.29, 0.717) is 16.8 Å². The van der Waals surface area contributed by atoms with E-state index in [9.17, 15) is 19.2 Å². The lowest BCUT2D eigenvalue weighted by Gasteiger charge is -2.35. The number of pyridine rings is 1. The van der Waals surface area contributed by atoms with Gasteiger partial charge in [0.15, 0.2) is 0 Å². The second kappa shape index (κ2) is 10.4. The van der Waals surface area contributed by atoms with Gasteiger partial charge in [-0.3, -0.25) is 9.59 Å². The number of aromatic nitrogens is 1. The molecule has 0 radical (unpaired) electrons. The van der Waals surface area contributed by atoms with Crippen molar-refractivity contribution < 1.29 is 19.2 Å². The Kier molecular flexibility index (Phi) is 8.32. The Balaban J connectivity index is 2.36. The van der Waals surface area contributed by atoms with Gasteiger partial charge in [-0.25, -0.2) is 4.98 Å². The number of anilines is 1. The third kappa shape index (κ3) is 6.71. The second-order valence-electron chi connectivity index (χ2n) is 8.34. The van der Waals surface area contributed by atoms with Gasteiger partial charge in [0.05, 0.1) is 12.0 Å². The first-order chi connectivity index (χ1) is 14.9. The predicted molar refractivity (Wildman–Crippen MR) is 127 cm³/mol. The molecule has 1 amide bonds. The number of nitrogens with zero attached hydrogens (tertiary/aromatic N) is 1. The van der Waals surface area contributed by atoms with Gasteiger partial charge in [0, 0.05) is 33.8 Å². The zero-order chi connectivity index (χ0) is 24.1. The Morgan fingerprint density at radius 1 is 1.22 bits per heavy atom. The summed E-state index contributed by atoms with van der Waals surface area (Å²) in [6, 6.07) is 7.99. The van der Waals surface area contributed by atoms with Gasteiger partial charge in [0.1, 0.15) is 10.4 Å². The molecule has 1 aromatic heterocycles. The maximum absolute atomic E-state index is 12.7. The smallest absolute Gasteiger partial charge is 0.305 e. The molecule has 7 nitrogen and oxygen atoms in total. The van der Waals surface area contributed by atoms with E-state index in [0.717, 1.165) is 0 Å². The van der Waals surface area contributed by atoms with Gasteiger partial charge >= 0.3 is 5.97 Å². The number of carbonyl (C=O) groups is 2. The minimum atomic E-state index is -1.56. The van der Waals surface area contributed by atoms with Crippen LogP contribution in [0.15, 0.2) is 36.5 Å². The first-order valence-electron chi connectivity index (χ1n) is 9.77. The molecule has 1 heterocycles. The van der Waals surface area contributed by atoms with E-state index in [-0.39, 0.29) is 17.1 Å². The molecule has 0 saturated heterocycles. The normalized spacial score (nSPS) is 14.0. The van der Waals surface area contributed by atoms with Gasteiger partial charge in [-0.15, -0.1) is 10.6 Å². The monoisotopic (exact) mass is 475 g/mol. The maximum Gasteiger partial charge on any atom is 0.305 e. The van der Waals surface area contributed by atoms with E-state index >= 15 is 0 Å². The summed E-state index contributed by atoms with van der Waals surface area (Å²) in [5.41, 5.74) is 0.441. The average Bonchev–Trinajstić information content (AvgIpc) is 2.68. The summed E-state index contributed by atoms with van der Waals surface area (Å²) >= 11 is 4.83. The molecule has 170 valence electrons. The van der Waals surface area contributed by atoms with Crippen molar-refractivity contribution in [3.8, 4) is 11.8 Å². The van der Waals surface area contributed by atoms with Crippen LogP contribution in [0.4, 0.5) is 5.69 Å². The zero-order valence-corrected chi connectivity index (χ0v) is 20.1. The van der Waals surface area contributed by atoms with Crippen molar-refractivity contribution >= 4 is 40.5 Å². The third-order valence-corrected chi connectivity index (χ3v) is 6.54. The number of hydrogen-bond acceptors (Lipinski definition) is 5. The first kappa shape index (κ1) is 25.7. The van der Waals surface area contributed by atoms with Crippen molar-refractivity contribution in [1.82, 2.24) is 9.71 Å². The van der Waals surface area contributed by atoms with E-state index in [1.54, 1.807) is 65.0 Å². The topological polar surface area (TPSA) is 114 Å². The van der Waals surface area contributed by atoms with Gasteiger partial charge in [-0.1, -0.05) is 17.5 Å². The number of carbonyl (C=O) groups excluding carboxylic acids is 1. The molecule has 0 saturated carbocycles. The minimum Gasteiger partial charge on any atom is -0.598 e. The third-order valence-electron chi connectivity index (χ3n) is 4.46. The fraction of sp³-hybridized carbons (Fsp3) is 0.348. The zero-order valence-electron chi connectivity index (χ0n) is 18.6. The summed E-state index contributed by atoms with van der Waals surface area (Å²) in [7, 11) is 0. The van der Waals surface area contributed by atoms with E-state index in [4.69, 9.17) is 11.6 Å². The predicted octanol–water partition coefficient (Wildman–Crippen LogP) is 4.10. The van der Waals surface area contributed by atoms with Crippen molar-refractivity contribution in [1.29, 1.82) is 0 Å². The number of rotatable bonds is 7. The van der Waals surface area contributed by atoms with Crippen LogP contribution in [0.5, 0.6) is 0 Å². The van der Waals surface area contributed by atoms with Crippen LogP contribution in [0, 0.1) is 11.8 Å². The largest absolute Gasteiger partial charge is 0.598 e. The number of carboxylic acids is 1. The Hall–Kier alpha value is -2.57. The van der Waals surface area contributed by atoms with Gasteiger partial charge in [-0.05, 0) is 70.5 Å². The molecule has 0 aliphatic rings. The van der Waals surface area contributed by atoms with E-state index in [1.807, 2.05) is 0 Å². The van der Waals surface area contributed by atoms with E-state index in [2.05, 4.69) is 26.9 Å². The standard InChI is InChI=1S/C23H26ClN3O4S/c1-6-7-15-8-11-19(25-14-15)21(30)26-16-9-10-18(24)17(12-16)23(5,13-20(28)29)27-32(31)22(2,3)4/h8-12,14,27H,13H2,1-5H3,(H,26,30)(H,28,29)/t23-,32?/m0/s1. The van der Waals surface area contributed by atoms with Crippen molar-refractivity contribution in [3.05, 3.63) is 58.4 Å². The first-order valence-corrected chi connectivity index (χ1v) is 11.3. The lowest BCUT2D eigenvalue weighted by atomic mass is 9.89. The van der Waals surface area contributed by atoms with Crippen molar-refractivity contribution in [2.24, 2.45) is 0 Å². The summed E-state index contributed by atoms with van der Waals surface area (Å²) < 4.78 is 15.0. The molecule has 2 rings (SSSR count). The maximum atomic E-state index is 12.7. The molecule has 0 aliphatic carbocycles. The quantitative estimate of drug-likeness (QED) is 0.410. The number of hydrogen-bond donors (Lipinski definition) is 3. The van der Waals surface area contributed by atoms with Crippen molar-refractivity contribution in [2.75, 3.05) is 5.32 Å². The molecule has 2 atom stereocenters. The molecule has 0 aliphatic heterocycles. The summed E-state index contributed by atoms with van der Waals surface area (Å²) in [4.78, 5) is 28.3. The fourth-order valence-corrected chi connectivity index (χ4v) is 4.04. The van der Waals surface area contributed by atoms with Crippen molar-refractivity contribution in [3.63, 3.8) is 0 Å². The van der Waals surface area contributed by atoms with Crippen LogP contribution in [-0.4, -0.2) is 31.3 Å². The van der Waals surface area contributed by atoms with Crippen LogP contribution in [0.25, 0.3) is 0 Å². The number of aliphatic carboxylic acids is 1. The van der Waals surface area contributed by atoms with Gasteiger partial charge in [-0.2, -0.15) is 0 Å². The molecule has 1 unspecified atom stereocenters. The molecule has 0 fully saturated rings. The highest BCUT2D eigenvalue weighted by molar-refractivity contribution is 7.90. The second-order valence-corrected chi connectivity index (χ2v) is 10.7. The highest BCUT2D eigenvalue weighted by Crippen LogP contribution is 2.35. The summed E-state index contributed by atoms with van der Waals surface area (Å²) in [6.45, 7) is 8.66. The molecule has 2 aromatic rings. The fourth-order valence-electron chi connectivity index (χ4n) is 2.81. The average molecular weight is 476 g/mol. The number of nitrogens with one attached hydrogen (secondary N) is 2. The molecule has 9 heteroatoms. The molecule has 0 spiro atoms. The number of benzene rings is 1. The summed E-state index contributed by atoms with van der Waals surface area (Å²) in [5, 5.41) is 12.5.